The van der Waals surface area contributed by atoms with Crippen LogP contribution >= 0.6 is 15.9 Å². The summed E-state index contributed by atoms with van der Waals surface area (Å²) in [7, 11) is 1.64. The highest BCUT2D eigenvalue weighted by Crippen LogP contribution is 2.24. The molecule has 4 heteroatoms. The lowest BCUT2D eigenvalue weighted by Gasteiger charge is -2.28. The molecule has 0 aromatic heterocycles. The summed E-state index contributed by atoms with van der Waals surface area (Å²) in [6, 6.07) is 7.92. The minimum Gasteiger partial charge on any atom is -0.497 e. The quantitative estimate of drug-likeness (QED) is 0.864. The number of hydrogen-bond donors (Lipinski definition) is 1. The maximum Gasteiger partial charge on any atom is 0.224 e. The second-order valence-corrected chi connectivity index (χ2v) is 6.18. The number of carbonyl (C=O) groups is 1. The Kier molecular flexibility index (Phi) is 5.25. The number of carbonyl (C=O) groups excluding carboxylic acids is 1. The molecule has 0 bridgehead atoms. The standard InChI is InChI=1S/C15H20BrNO2/c1-19-12-8-6-11(7-9-12)10-15(18)17-14-5-3-2-4-13(14)16/h6-9,13-14H,2-5,10H2,1H3,(H,17,18). The van der Waals surface area contributed by atoms with Crippen LogP contribution in [0.15, 0.2) is 24.3 Å². The van der Waals surface area contributed by atoms with Crippen molar-refractivity contribution >= 4 is 21.8 Å². The first-order chi connectivity index (χ1) is 9.19. The van der Waals surface area contributed by atoms with Gasteiger partial charge in [0.25, 0.3) is 0 Å². The van der Waals surface area contributed by atoms with E-state index in [1.54, 1.807) is 7.11 Å². The van der Waals surface area contributed by atoms with Crippen molar-refractivity contribution in [2.24, 2.45) is 0 Å². The van der Waals surface area contributed by atoms with Gasteiger partial charge in [-0.05, 0) is 30.5 Å². The Morgan fingerprint density at radius 3 is 2.63 bits per heavy atom. The molecule has 1 aliphatic rings. The van der Waals surface area contributed by atoms with Gasteiger partial charge in [-0.3, -0.25) is 4.79 Å². The molecular formula is C15H20BrNO2. The molecule has 0 heterocycles. The normalized spacial score (nSPS) is 22.8. The van der Waals surface area contributed by atoms with Crippen molar-refractivity contribution in [1.29, 1.82) is 0 Å². The predicted molar refractivity (Wildman–Crippen MR) is 79.8 cm³/mol. The van der Waals surface area contributed by atoms with Crippen molar-refractivity contribution in [1.82, 2.24) is 5.32 Å². The molecule has 1 amide bonds. The summed E-state index contributed by atoms with van der Waals surface area (Å²) in [6.45, 7) is 0. The highest BCUT2D eigenvalue weighted by molar-refractivity contribution is 9.09. The van der Waals surface area contributed by atoms with Crippen LogP contribution < -0.4 is 10.1 Å². The zero-order chi connectivity index (χ0) is 13.7. The van der Waals surface area contributed by atoms with Crippen LogP contribution in [0, 0.1) is 0 Å². The highest BCUT2D eigenvalue weighted by atomic mass is 79.9. The molecule has 1 aromatic rings. The number of nitrogens with one attached hydrogen (secondary N) is 1. The van der Waals surface area contributed by atoms with Crippen molar-refractivity contribution in [3.63, 3.8) is 0 Å². The summed E-state index contributed by atoms with van der Waals surface area (Å²) >= 11 is 3.66. The van der Waals surface area contributed by atoms with Gasteiger partial charge >= 0.3 is 0 Å². The van der Waals surface area contributed by atoms with E-state index in [9.17, 15) is 4.79 Å². The van der Waals surface area contributed by atoms with Gasteiger partial charge in [-0.1, -0.05) is 40.9 Å². The zero-order valence-electron chi connectivity index (χ0n) is 11.2. The number of methoxy groups -OCH3 is 1. The van der Waals surface area contributed by atoms with Gasteiger partial charge in [0.1, 0.15) is 5.75 Å². The van der Waals surface area contributed by atoms with E-state index in [-0.39, 0.29) is 11.9 Å². The molecule has 3 nitrogen and oxygen atoms in total. The third kappa shape index (κ3) is 4.23. The van der Waals surface area contributed by atoms with Crippen molar-refractivity contribution in [2.75, 3.05) is 7.11 Å². The summed E-state index contributed by atoms with van der Waals surface area (Å²) in [5.74, 6) is 0.915. The van der Waals surface area contributed by atoms with Crippen LogP contribution in [-0.4, -0.2) is 23.9 Å². The number of hydrogen-bond acceptors (Lipinski definition) is 2. The first-order valence-electron chi connectivity index (χ1n) is 6.75. The van der Waals surface area contributed by atoms with E-state index in [0.29, 0.717) is 11.2 Å². The minimum atomic E-state index is 0.0986. The molecule has 2 rings (SSSR count). The van der Waals surface area contributed by atoms with Crippen molar-refractivity contribution in [3.8, 4) is 5.75 Å². The number of halogens is 1. The van der Waals surface area contributed by atoms with Gasteiger partial charge < -0.3 is 10.1 Å². The largest absolute Gasteiger partial charge is 0.497 e. The molecule has 2 unspecified atom stereocenters. The Bertz CT molecular complexity index is 419. The Morgan fingerprint density at radius 2 is 2.00 bits per heavy atom. The van der Waals surface area contributed by atoms with Gasteiger partial charge in [-0.25, -0.2) is 0 Å². The van der Waals surface area contributed by atoms with Gasteiger partial charge in [-0.15, -0.1) is 0 Å². The maximum atomic E-state index is 12.0. The topological polar surface area (TPSA) is 38.3 Å². The number of ether oxygens (including phenoxy) is 1. The van der Waals surface area contributed by atoms with Crippen LogP contribution in [0.4, 0.5) is 0 Å². The Hall–Kier alpha value is -1.03. The number of benzene rings is 1. The van der Waals surface area contributed by atoms with Crippen molar-refractivity contribution in [3.05, 3.63) is 29.8 Å². The van der Waals surface area contributed by atoms with Crippen molar-refractivity contribution < 1.29 is 9.53 Å². The second kappa shape index (κ2) is 6.94. The van der Waals surface area contributed by atoms with Gasteiger partial charge in [0.2, 0.25) is 5.91 Å². The van der Waals surface area contributed by atoms with E-state index in [4.69, 9.17) is 4.74 Å². The fourth-order valence-corrected chi connectivity index (χ4v) is 3.16. The Balaban J connectivity index is 1.86. The number of rotatable bonds is 4. The molecule has 1 saturated carbocycles. The third-order valence-corrected chi connectivity index (χ3v) is 4.65. The van der Waals surface area contributed by atoms with Gasteiger partial charge in [-0.2, -0.15) is 0 Å². The summed E-state index contributed by atoms with van der Waals surface area (Å²) in [4.78, 5) is 12.4. The summed E-state index contributed by atoms with van der Waals surface area (Å²) in [5.41, 5.74) is 1.01. The minimum absolute atomic E-state index is 0.0986. The van der Waals surface area contributed by atoms with Crippen LogP contribution in [0.5, 0.6) is 5.75 Å². The fraction of sp³-hybridized carbons (Fsp3) is 0.533. The first-order valence-corrected chi connectivity index (χ1v) is 7.67. The lowest BCUT2D eigenvalue weighted by atomic mass is 9.95. The first kappa shape index (κ1) is 14.4. The average molecular weight is 326 g/mol. The van der Waals surface area contributed by atoms with Gasteiger partial charge in [0, 0.05) is 10.9 Å². The Morgan fingerprint density at radius 1 is 1.32 bits per heavy atom. The fourth-order valence-electron chi connectivity index (χ4n) is 2.43. The highest BCUT2D eigenvalue weighted by Gasteiger charge is 2.23. The predicted octanol–water partition coefficient (Wildman–Crippen LogP) is 3.06. The lowest BCUT2D eigenvalue weighted by Crippen LogP contribution is -2.43. The van der Waals surface area contributed by atoms with E-state index in [1.165, 1.54) is 12.8 Å². The van der Waals surface area contributed by atoms with Crippen LogP contribution in [0.25, 0.3) is 0 Å². The van der Waals surface area contributed by atoms with E-state index in [2.05, 4.69) is 21.2 Å². The summed E-state index contributed by atoms with van der Waals surface area (Å²) in [5, 5.41) is 3.13. The van der Waals surface area contributed by atoms with Crippen LogP contribution in [0.2, 0.25) is 0 Å². The smallest absolute Gasteiger partial charge is 0.224 e. The van der Waals surface area contributed by atoms with Gasteiger partial charge in [0.05, 0.1) is 13.5 Å². The molecule has 2 atom stereocenters. The lowest BCUT2D eigenvalue weighted by molar-refractivity contribution is -0.121. The maximum absolute atomic E-state index is 12.0. The van der Waals surface area contributed by atoms with E-state index >= 15 is 0 Å². The average Bonchev–Trinajstić information content (AvgIpc) is 2.42. The zero-order valence-corrected chi connectivity index (χ0v) is 12.8. The monoisotopic (exact) mass is 325 g/mol. The van der Waals surface area contributed by atoms with Crippen molar-refractivity contribution in [2.45, 2.75) is 43.0 Å². The molecule has 0 aliphatic heterocycles. The number of alkyl halides is 1. The SMILES string of the molecule is COc1ccc(CC(=O)NC2CCCCC2Br)cc1. The number of amides is 1. The summed E-state index contributed by atoms with van der Waals surface area (Å²) in [6.07, 6.45) is 5.11. The van der Waals surface area contributed by atoms with E-state index in [0.717, 1.165) is 24.2 Å². The Labute approximate surface area is 122 Å². The van der Waals surface area contributed by atoms with Crippen LogP contribution in [0.1, 0.15) is 31.2 Å². The molecule has 1 aromatic carbocycles. The molecule has 0 radical (unpaired) electrons. The van der Waals surface area contributed by atoms with E-state index in [1.807, 2.05) is 24.3 Å². The molecule has 1 fully saturated rings. The second-order valence-electron chi connectivity index (χ2n) is 5.00. The summed E-state index contributed by atoms with van der Waals surface area (Å²) < 4.78 is 5.10. The molecule has 0 spiro atoms. The van der Waals surface area contributed by atoms with Gasteiger partial charge in [0.15, 0.2) is 0 Å². The molecular weight excluding hydrogens is 306 g/mol. The molecule has 1 aliphatic carbocycles. The molecule has 0 saturated heterocycles. The van der Waals surface area contributed by atoms with E-state index < -0.39 is 0 Å². The molecule has 1 N–H and O–H groups in total. The van der Waals surface area contributed by atoms with Crippen LogP contribution in [0.3, 0.4) is 0 Å². The van der Waals surface area contributed by atoms with Crippen LogP contribution in [-0.2, 0) is 11.2 Å². The molecule has 104 valence electrons. The third-order valence-electron chi connectivity index (χ3n) is 3.55. The molecule has 19 heavy (non-hydrogen) atoms.